The summed E-state index contributed by atoms with van der Waals surface area (Å²) in [5.41, 5.74) is 0.696. The standard InChI is InChI=1S/C12H9F3O2/c13-12(14,15)11(17)8-5-7-3-1-2-4-9(7)10(16)6-8/h1-4,17H,5-6H2. The van der Waals surface area contributed by atoms with Crippen LogP contribution < -0.4 is 0 Å². The molecule has 0 atom stereocenters. The Hall–Kier alpha value is -1.78. The van der Waals surface area contributed by atoms with Crippen LogP contribution in [0.5, 0.6) is 0 Å². The van der Waals surface area contributed by atoms with Crippen molar-refractivity contribution in [3.05, 3.63) is 46.7 Å². The summed E-state index contributed by atoms with van der Waals surface area (Å²) < 4.78 is 37.0. The first-order valence-electron chi connectivity index (χ1n) is 4.99. The van der Waals surface area contributed by atoms with Gasteiger partial charge < -0.3 is 5.11 Å². The Morgan fingerprint density at radius 3 is 2.47 bits per heavy atom. The molecular weight excluding hydrogens is 233 g/mol. The number of Topliss-reactive ketones (excluding diaryl/α,β-unsaturated/α-hetero) is 1. The van der Waals surface area contributed by atoms with E-state index in [4.69, 9.17) is 5.11 Å². The van der Waals surface area contributed by atoms with Crippen molar-refractivity contribution in [2.24, 2.45) is 0 Å². The van der Waals surface area contributed by atoms with Crippen LogP contribution in [0.4, 0.5) is 13.2 Å². The van der Waals surface area contributed by atoms with Gasteiger partial charge in [0, 0.05) is 12.0 Å². The monoisotopic (exact) mass is 242 g/mol. The van der Waals surface area contributed by atoms with Crippen LogP contribution in [0.2, 0.25) is 0 Å². The molecule has 17 heavy (non-hydrogen) atoms. The number of hydrogen-bond donors (Lipinski definition) is 1. The van der Waals surface area contributed by atoms with Crippen LogP contribution in [0.3, 0.4) is 0 Å². The first-order valence-corrected chi connectivity index (χ1v) is 4.99. The first-order chi connectivity index (χ1) is 7.89. The van der Waals surface area contributed by atoms with Crippen LogP contribution >= 0.6 is 0 Å². The zero-order valence-electron chi connectivity index (χ0n) is 8.71. The molecule has 0 radical (unpaired) electrons. The van der Waals surface area contributed by atoms with Crippen molar-refractivity contribution in [2.75, 3.05) is 0 Å². The molecule has 2 rings (SSSR count). The summed E-state index contributed by atoms with van der Waals surface area (Å²) in [6.45, 7) is 0. The largest absolute Gasteiger partial charge is 0.504 e. The van der Waals surface area contributed by atoms with E-state index in [0.717, 1.165) is 0 Å². The average molecular weight is 242 g/mol. The van der Waals surface area contributed by atoms with Gasteiger partial charge in [-0.15, -0.1) is 0 Å². The van der Waals surface area contributed by atoms with E-state index in [-0.39, 0.29) is 18.4 Å². The van der Waals surface area contributed by atoms with Crippen LogP contribution in [0.25, 0.3) is 0 Å². The Balaban J connectivity index is 2.45. The third-order valence-electron chi connectivity index (χ3n) is 2.70. The van der Waals surface area contributed by atoms with Gasteiger partial charge in [-0.2, -0.15) is 13.2 Å². The fourth-order valence-corrected chi connectivity index (χ4v) is 1.90. The summed E-state index contributed by atoms with van der Waals surface area (Å²) in [6.07, 6.45) is -5.20. The summed E-state index contributed by atoms with van der Waals surface area (Å²) in [6, 6.07) is 6.49. The molecule has 1 aliphatic rings. The predicted molar refractivity (Wildman–Crippen MR) is 54.8 cm³/mol. The van der Waals surface area contributed by atoms with Gasteiger partial charge in [-0.3, -0.25) is 4.79 Å². The van der Waals surface area contributed by atoms with Gasteiger partial charge in [0.1, 0.15) is 0 Å². The van der Waals surface area contributed by atoms with Crippen molar-refractivity contribution < 1.29 is 23.1 Å². The molecule has 0 heterocycles. The number of aliphatic hydroxyl groups excluding tert-OH is 1. The zero-order valence-corrected chi connectivity index (χ0v) is 8.71. The highest BCUT2D eigenvalue weighted by Crippen LogP contribution is 2.33. The summed E-state index contributed by atoms with van der Waals surface area (Å²) in [4.78, 5) is 11.6. The van der Waals surface area contributed by atoms with E-state index in [0.29, 0.717) is 11.1 Å². The molecule has 5 heteroatoms. The number of benzene rings is 1. The van der Waals surface area contributed by atoms with E-state index in [9.17, 15) is 18.0 Å². The molecule has 0 unspecified atom stereocenters. The Labute approximate surface area is 95.4 Å². The van der Waals surface area contributed by atoms with Gasteiger partial charge in [0.2, 0.25) is 0 Å². The second kappa shape index (κ2) is 3.91. The number of carbonyl (C=O) groups excluding carboxylic acids is 1. The number of ketones is 1. The number of aliphatic hydroxyl groups is 1. The minimum atomic E-state index is -4.79. The Bertz CT molecular complexity index is 501. The first kappa shape index (κ1) is 11.7. The summed E-state index contributed by atoms with van der Waals surface area (Å²) in [7, 11) is 0. The third-order valence-corrected chi connectivity index (χ3v) is 2.70. The lowest BCUT2D eigenvalue weighted by Gasteiger charge is -2.19. The van der Waals surface area contributed by atoms with Gasteiger partial charge in [-0.05, 0) is 17.6 Å². The highest BCUT2D eigenvalue weighted by Gasteiger charge is 2.38. The molecule has 0 aliphatic heterocycles. The van der Waals surface area contributed by atoms with Crippen molar-refractivity contribution in [3.63, 3.8) is 0 Å². The molecule has 0 aromatic heterocycles. The second-order valence-electron chi connectivity index (χ2n) is 3.88. The van der Waals surface area contributed by atoms with Crippen molar-refractivity contribution in [1.82, 2.24) is 0 Å². The zero-order chi connectivity index (χ0) is 12.6. The molecule has 1 aromatic rings. The number of rotatable bonds is 0. The fraction of sp³-hybridized carbons (Fsp3) is 0.250. The van der Waals surface area contributed by atoms with E-state index >= 15 is 0 Å². The Morgan fingerprint density at radius 1 is 1.18 bits per heavy atom. The molecule has 0 saturated heterocycles. The number of carbonyl (C=O) groups is 1. The highest BCUT2D eigenvalue weighted by atomic mass is 19.4. The van der Waals surface area contributed by atoms with E-state index in [1.807, 2.05) is 0 Å². The number of fused-ring (bicyclic) bond motifs is 1. The quantitative estimate of drug-likeness (QED) is 0.709. The van der Waals surface area contributed by atoms with Crippen LogP contribution in [0, 0.1) is 0 Å². The van der Waals surface area contributed by atoms with Crippen molar-refractivity contribution in [1.29, 1.82) is 0 Å². The highest BCUT2D eigenvalue weighted by molar-refractivity contribution is 6.00. The molecule has 0 amide bonds. The molecule has 1 aromatic carbocycles. The molecule has 0 spiro atoms. The Kier molecular flexibility index (Phi) is 2.69. The number of alkyl halides is 3. The van der Waals surface area contributed by atoms with Crippen LogP contribution in [0.1, 0.15) is 22.3 Å². The molecule has 90 valence electrons. The third kappa shape index (κ3) is 2.18. The molecule has 2 nitrogen and oxygen atoms in total. The maximum absolute atomic E-state index is 12.3. The topological polar surface area (TPSA) is 37.3 Å². The van der Waals surface area contributed by atoms with Crippen LogP contribution in [-0.4, -0.2) is 17.1 Å². The van der Waals surface area contributed by atoms with Gasteiger partial charge in [0.15, 0.2) is 11.5 Å². The molecule has 0 bridgehead atoms. The maximum atomic E-state index is 12.3. The lowest BCUT2D eigenvalue weighted by molar-refractivity contribution is -0.122. The van der Waals surface area contributed by atoms with E-state index in [1.165, 1.54) is 0 Å². The molecule has 0 saturated carbocycles. The summed E-state index contributed by atoms with van der Waals surface area (Å²) in [5, 5.41) is 9.06. The molecular formula is C12H9F3O2. The molecule has 1 aliphatic carbocycles. The molecule has 0 fully saturated rings. The average Bonchev–Trinajstić information content (AvgIpc) is 2.27. The van der Waals surface area contributed by atoms with E-state index in [2.05, 4.69) is 0 Å². The van der Waals surface area contributed by atoms with Gasteiger partial charge in [0.25, 0.3) is 0 Å². The van der Waals surface area contributed by atoms with Crippen LogP contribution in [0.15, 0.2) is 35.6 Å². The minimum Gasteiger partial charge on any atom is -0.504 e. The smallest absolute Gasteiger partial charge is 0.448 e. The fourth-order valence-electron chi connectivity index (χ4n) is 1.90. The molecule has 1 N–H and O–H groups in total. The number of allylic oxidation sites excluding steroid dienone is 2. The van der Waals surface area contributed by atoms with Crippen LogP contribution in [-0.2, 0) is 6.42 Å². The number of hydrogen-bond acceptors (Lipinski definition) is 2. The lowest BCUT2D eigenvalue weighted by Crippen LogP contribution is -2.20. The number of halogens is 3. The maximum Gasteiger partial charge on any atom is 0.448 e. The van der Waals surface area contributed by atoms with Crippen molar-refractivity contribution in [3.8, 4) is 0 Å². The second-order valence-corrected chi connectivity index (χ2v) is 3.88. The van der Waals surface area contributed by atoms with Gasteiger partial charge in [-0.1, -0.05) is 24.3 Å². The normalized spacial score (nSPS) is 18.9. The lowest BCUT2D eigenvalue weighted by atomic mass is 9.86. The predicted octanol–water partition coefficient (Wildman–Crippen LogP) is 3.19. The summed E-state index contributed by atoms with van der Waals surface area (Å²) >= 11 is 0. The van der Waals surface area contributed by atoms with Gasteiger partial charge in [-0.25, -0.2) is 0 Å². The SMILES string of the molecule is O=C1CC(=C(O)C(F)(F)F)Cc2ccccc21. The van der Waals surface area contributed by atoms with E-state index < -0.39 is 17.7 Å². The van der Waals surface area contributed by atoms with Gasteiger partial charge >= 0.3 is 6.18 Å². The van der Waals surface area contributed by atoms with Gasteiger partial charge in [0.05, 0.1) is 0 Å². The van der Waals surface area contributed by atoms with E-state index in [1.54, 1.807) is 24.3 Å². The summed E-state index contributed by atoms with van der Waals surface area (Å²) in [5.74, 6) is -2.03. The Morgan fingerprint density at radius 2 is 1.82 bits per heavy atom. The van der Waals surface area contributed by atoms with Crippen molar-refractivity contribution >= 4 is 5.78 Å². The minimum absolute atomic E-state index is 0.0345. The van der Waals surface area contributed by atoms with Crippen molar-refractivity contribution in [2.45, 2.75) is 19.0 Å².